The Labute approximate surface area is 114 Å². The number of hydrogen-bond donors (Lipinski definition) is 1. The van der Waals surface area contributed by atoms with E-state index in [-0.39, 0.29) is 0 Å². The number of para-hydroxylation sites is 1. The minimum atomic E-state index is 0.675. The number of aryl methyl sites for hydroxylation is 1. The lowest BCUT2D eigenvalue weighted by Gasteiger charge is -1.98. The van der Waals surface area contributed by atoms with Crippen LogP contribution < -0.4 is 5.32 Å². The molecule has 0 atom stereocenters. The van der Waals surface area contributed by atoms with E-state index in [1.165, 1.54) is 4.70 Å². The molecule has 3 rings (SSSR count). The van der Waals surface area contributed by atoms with Gasteiger partial charge in [-0.05, 0) is 19.1 Å². The molecule has 0 aliphatic heterocycles. The second-order valence-corrected chi connectivity index (χ2v) is 5.35. The predicted octanol–water partition coefficient (Wildman–Crippen LogP) is 2.32. The van der Waals surface area contributed by atoms with Crippen LogP contribution in [0, 0.1) is 6.92 Å². The molecule has 0 bridgehead atoms. The van der Waals surface area contributed by atoms with Crippen LogP contribution in [0.1, 0.15) is 16.7 Å². The number of thiazole rings is 1. The van der Waals surface area contributed by atoms with Gasteiger partial charge in [0.1, 0.15) is 5.01 Å². The SMILES string of the molecule is Cc1noc(CCNCc2nc3ccccc3s2)n1. The predicted molar refractivity (Wildman–Crippen MR) is 74.1 cm³/mol. The quantitative estimate of drug-likeness (QED) is 0.723. The fourth-order valence-electron chi connectivity index (χ4n) is 1.83. The van der Waals surface area contributed by atoms with Crippen molar-refractivity contribution in [2.45, 2.75) is 19.9 Å². The Bertz CT molecular complexity index is 643. The first kappa shape index (κ1) is 12.3. The molecule has 0 radical (unpaired) electrons. The third-order valence-electron chi connectivity index (χ3n) is 2.70. The summed E-state index contributed by atoms with van der Waals surface area (Å²) in [4.78, 5) is 8.73. The summed E-state index contributed by atoms with van der Waals surface area (Å²) in [6.07, 6.45) is 0.742. The van der Waals surface area contributed by atoms with Gasteiger partial charge in [0, 0.05) is 19.5 Å². The van der Waals surface area contributed by atoms with Crippen LogP contribution in [0.2, 0.25) is 0 Å². The van der Waals surface area contributed by atoms with E-state index in [1.54, 1.807) is 11.3 Å². The number of rotatable bonds is 5. The van der Waals surface area contributed by atoms with Gasteiger partial charge >= 0.3 is 0 Å². The van der Waals surface area contributed by atoms with E-state index < -0.39 is 0 Å². The molecule has 0 unspecified atom stereocenters. The smallest absolute Gasteiger partial charge is 0.227 e. The molecule has 0 fully saturated rings. The highest BCUT2D eigenvalue weighted by Gasteiger charge is 2.04. The molecule has 0 aliphatic carbocycles. The van der Waals surface area contributed by atoms with E-state index in [1.807, 2.05) is 25.1 Å². The molecule has 98 valence electrons. The molecule has 0 aliphatic rings. The highest BCUT2D eigenvalue weighted by Crippen LogP contribution is 2.21. The van der Waals surface area contributed by atoms with Gasteiger partial charge in [-0.1, -0.05) is 17.3 Å². The first-order valence-corrected chi connectivity index (χ1v) is 6.97. The molecule has 0 saturated carbocycles. The minimum Gasteiger partial charge on any atom is -0.339 e. The second kappa shape index (κ2) is 5.46. The van der Waals surface area contributed by atoms with Crippen molar-refractivity contribution in [3.05, 3.63) is 41.0 Å². The van der Waals surface area contributed by atoms with E-state index >= 15 is 0 Å². The summed E-state index contributed by atoms with van der Waals surface area (Å²) < 4.78 is 6.28. The van der Waals surface area contributed by atoms with Gasteiger partial charge in [-0.3, -0.25) is 0 Å². The monoisotopic (exact) mass is 274 g/mol. The van der Waals surface area contributed by atoms with Crippen molar-refractivity contribution in [2.24, 2.45) is 0 Å². The van der Waals surface area contributed by atoms with E-state index in [9.17, 15) is 0 Å². The van der Waals surface area contributed by atoms with Crippen LogP contribution in [-0.2, 0) is 13.0 Å². The lowest BCUT2D eigenvalue weighted by molar-refractivity contribution is 0.372. The summed E-state index contributed by atoms with van der Waals surface area (Å²) in [5.74, 6) is 1.36. The Kier molecular flexibility index (Phi) is 3.52. The normalized spacial score (nSPS) is 11.2. The molecule has 2 aromatic heterocycles. The fourth-order valence-corrected chi connectivity index (χ4v) is 2.76. The standard InChI is InChI=1S/C13H14N4OS/c1-9-15-12(18-17-9)6-7-14-8-13-16-10-4-2-3-5-11(10)19-13/h2-5,14H,6-8H2,1H3. The lowest BCUT2D eigenvalue weighted by Crippen LogP contribution is -2.16. The van der Waals surface area contributed by atoms with Crippen molar-refractivity contribution in [2.75, 3.05) is 6.54 Å². The first-order valence-electron chi connectivity index (χ1n) is 6.15. The second-order valence-electron chi connectivity index (χ2n) is 4.24. The topological polar surface area (TPSA) is 63.8 Å². The fraction of sp³-hybridized carbons (Fsp3) is 0.308. The maximum atomic E-state index is 5.05. The van der Waals surface area contributed by atoms with Crippen LogP contribution in [0.15, 0.2) is 28.8 Å². The Balaban J connectivity index is 1.52. The average molecular weight is 274 g/mol. The summed E-state index contributed by atoms with van der Waals surface area (Å²) in [6.45, 7) is 3.39. The molecule has 6 heteroatoms. The Hall–Kier alpha value is -1.79. The number of aromatic nitrogens is 3. The van der Waals surface area contributed by atoms with Crippen LogP contribution in [-0.4, -0.2) is 21.7 Å². The maximum absolute atomic E-state index is 5.05. The summed E-state index contributed by atoms with van der Waals surface area (Å²) in [7, 11) is 0. The van der Waals surface area contributed by atoms with Crippen LogP contribution in [0.25, 0.3) is 10.2 Å². The van der Waals surface area contributed by atoms with Gasteiger partial charge in [0.15, 0.2) is 5.82 Å². The highest BCUT2D eigenvalue weighted by molar-refractivity contribution is 7.18. The van der Waals surface area contributed by atoms with Gasteiger partial charge in [0.05, 0.1) is 10.2 Å². The molecule has 0 amide bonds. The third kappa shape index (κ3) is 2.97. The van der Waals surface area contributed by atoms with E-state index in [0.717, 1.165) is 30.0 Å². The summed E-state index contributed by atoms with van der Waals surface area (Å²) in [5, 5.41) is 8.20. The molecular formula is C13H14N4OS. The molecule has 3 aromatic rings. The third-order valence-corrected chi connectivity index (χ3v) is 3.74. The van der Waals surface area contributed by atoms with E-state index in [2.05, 4.69) is 26.5 Å². The van der Waals surface area contributed by atoms with Gasteiger partial charge in [-0.15, -0.1) is 11.3 Å². The van der Waals surface area contributed by atoms with Crippen LogP contribution in [0.4, 0.5) is 0 Å². The van der Waals surface area contributed by atoms with Crippen molar-refractivity contribution in [1.82, 2.24) is 20.4 Å². The van der Waals surface area contributed by atoms with Gasteiger partial charge in [0.2, 0.25) is 5.89 Å². The molecule has 19 heavy (non-hydrogen) atoms. The largest absolute Gasteiger partial charge is 0.339 e. The number of nitrogens with one attached hydrogen (secondary N) is 1. The average Bonchev–Trinajstić information content (AvgIpc) is 3.00. The number of fused-ring (bicyclic) bond motifs is 1. The molecule has 0 saturated heterocycles. The zero-order chi connectivity index (χ0) is 13.1. The van der Waals surface area contributed by atoms with Crippen molar-refractivity contribution in [1.29, 1.82) is 0 Å². The van der Waals surface area contributed by atoms with Crippen LogP contribution in [0.3, 0.4) is 0 Å². The molecule has 0 spiro atoms. The molecule has 1 aromatic carbocycles. The number of benzene rings is 1. The summed E-state index contributed by atoms with van der Waals surface area (Å²) in [6, 6.07) is 8.18. The summed E-state index contributed by atoms with van der Waals surface area (Å²) >= 11 is 1.72. The zero-order valence-corrected chi connectivity index (χ0v) is 11.4. The van der Waals surface area contributed by atoms with Gasteiger partial charge < -0.3 is 9.84 Å². The molecular weight excluding hydrogens is 260 g/mol. The first-order chi connectivity index (χ1) is 9.31. The molecule has 1 N–H and O–H groups in total. The van der Waals surface area contributed by atoms with Crippen molar-refractivity contribution >= 4 is 21.6 Å². The van der Waals surface area contributed by atoms with Crippen LogP contribution >= 0.6 is 11.3 Å². The van der Waals surface area contributed by atoms with Gasteiger partial charge in [-0.25, -0.2) is 4.98 Å². The van der Waals surface area contributed by atoms with Gasteiger partial charge in [0.25, 0.3) is 0 Å². The zero-order valence-electron chi connectivity index (χ0n) is 10.6. The number of nitrogens with zero attached hydrogens (tertiary/aromatic N) is 3. The van der Waals surface area contributed by atoms with E-state index in [4.69, 9.17) is 4.52 Å². The maximum Gasteiger partial charge on any atom is 0.227 e. The van der Waals surface area contributed by atoms with Crippen molar-refractivity contribution < 1.29 is 4.52 Å². The lowest BCUT2D eigenvalue weighted by atomic mass is 10.3. The van der Waals surface area contributed by atoms with Crippen molar-refractivity contribution in [3.8, 4) is 0 Å². The Morgan fingerprint density at radius 2 is 2.16 bits per heavy atom. The van der Waals surface area contributed by atoms with Crippen molar-refractivity contribution in [3.63, 3.8) is 0 Å². The molecule has 2 heterocycles. The Morgan fingerprint density at radius 3 is 2.95 bits per heavy atom. The number of hydrogen-bond acceptors (Lipinski definition) is 6. The van der Waals surface area contributed by atoms with Crippen LogP contribution in [0.5, 0.6) is 0 Å². The summed E-state index contributed by atoms with van der Waals surface area (Å²) in [5.41, 5.74) is 1.07. The minimum absolute atomic E-state index is 0.675. The molecule has 5 nitrogen and oxygen atoms in total. The van der Waals surface area contributed by atoms with Gasteiger partial charge in [-0.2, -0.15) is 4.98 Å². The Morgan fingerprint density at radius 1 is 1.26 bits per heavy atom. The van der Waals surface area contributed by atoms with E-state index in [0.29, 0.717) is 11.7 Å². The highest BCUT2D eigenvalue weighted by atomic mass is 32.1.